The molecule has 0 aliphatic heterocycles. The lowest BCUT2D eigenvalue weighted by Gasteiger charge is -2.28. The summed E-state index contributed by atoms with van der Waals surface area (Å²) in [5, 5.41) is 0. The van der Waals surface area contributed by atoms with Crippen molar-refractivity contribution in [2.24, 2.45) is 0 Å². The number of ether oxygens (including phenoxy) is 2. The number of likely N-dealkylation sites (N-methyl/N-ethyl adjacent to an activating group) is 1. The molecule has 0 amide bonds. The van der Waals surface area contributed by atoms with E-state index in [1.54, 1.807) is 0 Å². The van der Waals surface area contributed by atoms with Gasteiger partial charge in [-0.3, -0.25) is 9.36 Å². The maximum atomic E-state index is 12.3. The van der Waals surface area contributed by atoms with E-state index >= 15 is 0 Å². The van der Waals surface area contributed by atoms with Crippen LogP contribution in [0.3, 0.4) is 0 Å². The summed E-state index contributed by atoms with van der Waals surface area (Å²) in [6, 6.07) is 0. The number of quaternary nitrogens is 1. The van der Waals surface area contributed by atoms with E-state index in [4.69, 9.17) is 18.5 Å². The molecule has 0 N–H and O–H groups in total. The third-order valence-corrected chi connectivity index (χ3v) is 9.97. The Morgan fingerprint density at radius 3 is 1.59 bits per heavy atom. The predicted molar refractivity (Wildman–Crippen MR) is 213 cm³/mol. The van der Waals surface area contributed by atoms with Crippen LogP contribution in [0.2, 0.25) is 0 Å². The number of carbonyl (C=O) groups is 1. The Morgan fingerprint density at radius 1 is 0.608 bits per heavy atom. The van der Waals surface area contributed by atoms with Crippen LogP contribution in [0.15, 0.2) is 24.3 Å². The number of phosphoric ester groups is 1. The largest absolute Gasteiger partial charge is 0.756 e. The third-order valence-electron chi connectivity index (χ3n) is 9.01. The number of phosphoric acid groups is 1. The highest BCUT2D eigenvalue weighted by Gasteiger charge is 2.20. The van der Waals surface area contributed by atoms with Crippen LogP contribution in [-0.4, -0.2) is 70.7 Å². The SMILES string of the molecule is CCCCCCC/C=C\C/C=C\CCCCCCCCCCCCCCCCOCC(COP(=O)([O-])OCC[N+](C)(C)C)OC(=O)CCCCC. The van der Waals surface area contributed by atoms with Crippen molar-refractivity contribution in [2.45, 2.75) is 187 Å². The van der Waals surface area contributed by atoms with E-state index in [9.17, 15) is 14.3 Å². The molecule has 0 aromatic heterocycles. The van der Waals surface area contributed by atoms with Gasteiger partial charge in [-0.25, -0.2) is 0 Å². The lowest BCUT2D eigenvalue weighted by atomic mass is 10.0. The zero-order chi connectivity index (χ0) is 37.7. The van der Waals surface area contributed by atoms with Gasteiger partial charge in [0.15, 0.2) is 0 Å². The minimum Gasteiger partial charge on any atom is -0.756 e. The van der Waals surface area contributed by atoms with E-state index in [1.165, 1.54) is 122 Å². The first-order valence-electron chi connectivity index (χ1n) is 21.1. The normalized spacial score (nSPS) is 14.1. The average molecular weight is 744 g/mol. The van der Waals surface area contributed by atoms with Crippen molar-refractivity contribution in [3.05, 3.63) is 24.3 Å². The highest BCUT2D eigenvalue weighted by atomic mass is 31.2. The van der Waals surface area contributed by atoms with E-state index < -0.39 is 13.9 Å². The Balaban J connectivity index is 3.79. The maximum Gasteiger partial charge on any atom is 0.306 e. The fourth-order valence-corrected chi connectivity index (χ4v) is 6.42. The predicted octanol–water partition coefficient (Wildman–Crippen LogP) is 11.4. The molecule has 0 aromatic rings. The van der Waals surface area contributed by atoms with Crippen molar-refractivity contribution in [1.82, 2.24) is 0 Å². The fraction of sp³-hybridized carbons (Fsp3) is 0.881. The molecular formula is C42H82NO7P. The zero-order valence-corrected chi connectivity index (χ0v) is 35.0. The number of nitrogens with zero attached hydrogens (tertiary/aromatic N) is 1. The van der Waals surface area contributed by atoms with Gasteiger partial charge in [0.25, 0.3) is 7.82 Å². The van der Waals surface area contributed by atoms with Crippen LogP contribution in [0.25, 0.3) is 0 Å². The van der Waals surface area contributed by atoms with E-state index in [-0.39, 0.29) is 25.8 Å². The molecule has 302 valence electrons. The Morgan fingerprint density at radius 2 is 1.08 bits per heavy atom. The molecule has 0 aliphatic rings. The summed E-state index contributed by atoms with van der Waals surface area (Å²) in [6.07, 6.45) is 40.0. The van der Waals surface area contributed by atoms with Gasteiger partial charge in [-0.2, -0.15) is 0 Å². The van der Waals surface area contributed by atoms with Gasteiger partial charge in [-0.05, 0) is 44.9 Å². The summed E-state index contributed by atoms with van der Waals surface area (Å²) in [7, 11) is 1.36. The van der Waals surface area contributed by atoms with E-state index in [0.717, 1.165) is 38.5 Å². The Hall–Kier alpha value is -1.02. The number of esters is 1. The van der Waals surface area contributed by atoms with Gasteiger partial charge in [0.1, 0.15) is 19.3 Å². The molecule has 0 spiro atoms. The van der Waals surface area contributed by atoms with E-state index in [0.29, 0.717) is 24.1 Å². The number of allylic oxidation sites excluding steroid dienone is 4. The highest BCUT2D eigenvalue weighted by Crippen LogP contribution is 2.38. The van der Waals surface area contributed by atoms with Crippen LogP contribution in [0, 0.1) is 0 Å². The second-order valence-electron chi connectivity index (χ2n) is 15.4. The topological polar surface area (TPSA) is 94.1 Å². The molecule has 0 radical (unpaired) electrons. The number of hydrogen-bond donors (Lipinski definition) is 0. The quantitative estimate of drug-likeness (QED) is 0.0203. The summed E-state index contributed by atoms with van der Waals surface area (Å²) in [6.45, 7) is 5.24. The summed E-state index contributed by atoms with van der Waals surface area (Å²) in [5.41, 5.74) is 0. The van der Waals surface area contributed by atoms with Crippen LogP contribution in [0.1, 0.15) is 181 Å². The minimum absolute atomic E-state index is 0.0269. The Labute approximate surface area is 315 Å². The molecule has 2 unspecified atom stereocenters. The van der Waals surface area contributed by atoms with Crippen molar-refractivity contribution in [1.29, 1.82) is 0 Å². The van der Waals surface area contributed by atoms with Gasteiger partial charge in [-0.1, -0.05) is 154 Å². The van der Waals surface area contributed by atoms with Crippen molar-refractivity contribution in [3.8, 4) is 0 Å². The average Bonchev–Trinajstić information content (AvgIpc) is 3.07. The van der Waals surface area contributed by atoms with Crippen LogP contribution in [0.5, 0.6) is 0 Å². The van der Waals surface area contributed by atoms with Crippen molar-refractivity contribution in [3.63, 3.8) is 0 Å². The van der Waals surface area contributed by atoms with Gasteiger partial charge < -0.3 is 27.9 Å². The van der Waals surface area contributed by atoms with Crippen LogP contribution < -0.4 is 4.89 Å². The first-order valence-corrected chi connectivity index (χ1v) is 22.5. The fourth-order valence-electron chi connectivity index (χ4n) is 5.69. The second-order valence-corrected chi connectivity index (χ2v) is 16.8. The van der Waals surface area contributed by atoms with E-state index in [2.05, 4.69) is 38.2 Å². The molecule has 9 heteroatoms. The van der Waals surface area contributed by atoms with Crippen molar-refractivity contribution in [2.75, 3.05) is 54.1 Å². The van der Waals surface area contributed by atoms with E-state index in [1.807, 2.05) is 21.1 Å². The van der Waals surface area contributed by atoms with Gasteiger partial charge in [0.05, 0.1) is 34.4 Å². The molecule has 0 fully saturated rings. The van der Waals surface area contributed by atoms with Crippen molar-refractivity contribution < 1.29 is 37.3 Å². The standard InChI is InChI=1S/C42H82NO7P/c1-6-8-10-11-12-13-14-15-16-17-18-19-20-21-22-23-24-25-26-27-28-29-30-31-32-34-37-47-39-41(50-42(44)35-33-9-7-2)40-49-51(45,46)48-38-36-43(3,4)5/h14-15,17-18,41H,6-13,16,19-40H2,1-5H3/b15-14-,18-17-. The molecule has 8 nitrogen and oxygen atoms in total. The third kappa shape index (κ3) is 40.0. The molecule has 0 heterocycles. The molecular weight excluding hydrogens is 661 g/mol. The summed E-state index contributed by atoms with van der Waals surface area (Å²) in [5.74, 6) is -0.358. The molecule has 0 saturated heterocycles. The monoisotopic (exact) mass is 744 g/mol. The Bertz CT molecular complexity index is 874. The molecule has 0 rings (SSSR count). The van der Waals surface area contributed by atoms with Gasteiger partial charge in [0, 0.05) is 13.0 Å². The van der Waals surface area contributed by atoms with Crippen LogP contribution in [0.4, 0.5) is 0 Å². The van der Waals surface area contributed by atoms with Gasteiger partial charge in [0.2, 0.25) is 0 Å². The molecule has 0 saturated carbocycles. The molecule has 51 heavy (non-hydrogen) atoms. The van der Waals surface area contributed by atoms with Crippen LogP contribution >= 0.6 is 7.82 Å². The number of unbranched alkanes of at least 4 members (excludes halogenated alkanes) is 21. The van der Waals surface area contributed by atoms with Crippen LogP contribution in [-0.2, 0) is 27.9 Å². The van der Waals surface area contributed by atoms with Gasteiger partial charge in [-0.15, -0.1) is 0 Å². The Kier molecular flexibility index (Phi) is 35.3. The molecule has 0 aliphatic carbocycles. The minimum atomic E-state index is -4.50. The number of hydrogen-bond acceptors (Lipinski definition) is 7. The molecule has 0 bridgehead atoms. The number of rotatable bonds is 39. The first kappa shape index (κ1) is 50.0. The lowest BCUT2D eigenvalue weighted by Crippen LogP contribution is -2.37. The highest BCUT2D eigenvalue weighted by molar-refractivity contribution is 7.45. The molecule has 2 atom stereocenters. The first-order chi connectivity index (χ1) is 24.6. The smallest absolute Gasteiger partial charge is 0.306 e. The number of carbonyl (C=O) groups excluding carboxylic acids is 1. The second kappa shape index (κ2) is 36.0. The zero-order valence-electron chi connectivity index (χ0n) is 34.1. The van der Waals surface area contributed by atoms with Gasteiger partial charge >= 0.3 is 5.97 Å². The summed E-state index contributed by atoms with van der Waals surface area (Å²) in [4.78, 5) is 24.5. The summed E-state index contributed by atoms with van der Waals surface area (Å²) < 4.78 is 34.1. The maximum absolute atomic E-state index is 12.3. The van der Waals surface area contributed by atoms with Crippen molar-refractivity contribution >= 4 is 13.8 Å². The summed E-state index contributed by atoms with van der Waals surface area (Å²) >= 11 is 0. The lowest BCUT2D eigenvalue weighted by molar-refractivity contribution is -0.870. The molecule has 0 aromatic carbocycles.